The van der Waals surface area contributed by atoms with Crippen LogP contribution >= 0.6 is 11.8 Å². The fraction of sp³-hybridized carbons (Fsp3) is 0.727. The van der Waals surface area contributed by atoms with E-state index in [0.717, 1.165) is 11.6 Å². The van der Waals surface area contributed by atoms with Crippen LogP contribution in [0, 0.1) is 0 Å². The summed E-state index contributed by atoms with van der Waals surface area (Å²) >= 11 is 1.69. The molecule has 0 aliphatic heterocycles. The highest BCUT2D eigenvalue weighted by atomic mass is 32.2. The molecule has 0 aliphatic rings. The van der Waals surface area contributed by atoms with Crippen LogP contribution in [0.25, 0.3) is 0 Å². The molecule has 0 saturated heterocycles. The van der Waals surface area contributed by atoms with E-state index in [1.165, 1.54) is 7.11 Å². The molecule has 1 unspecified atom stereocenters. The molecule has 1 aromatic heterocycles. The number of ether oxygens (including phenoxy) is 1. The number of thioether (sulfide) groups is 1. The Labute approximate surface area is 106 Å². The fourth-order valence-electron chi connectivity index (χ4n) is 1.40. The van der Waals surface area contributed by atoms with Crippen molar-refractivity contribution in [3.63, 3.8) is 0 Å². The molecule has 0 radical (unpaired) electrons. The summed E-state index contributed by atoms with van der Waals surface area (Å²) in [5.41, 5.74) is 0. The summed E-state index contributed by atoms with van der Waals surface area (Å²) in [6.07, 6.45) is 2.00. The van der Waals surface area contributed by atoms with Crippen molar-refractivity contribution in [2.45, 2.75) is 44.2 Å². The Morgan fingerprint density at radius 1 is 1.53 bits per heavy atom. The van der Waals surface area contributed by atoms with Gasteiger partial charge in [0.2, 0.25) is 0 Å². The Kier molecular flexibility index (Phi) is 5.47. The smallest absolute Gasteiger partial charge is 0.306 e. The largest absolute Gasteiger partial charge is 0.469 e. The van der Waals surface area contributed by atoms with Gasteiger partial charge in [-0.25, -0.2) is 9.67 Å². The number of aromatic nitrogens is 3. The molecule has 17 heavy (non-hydrogen) atoms. The minimum atomic E-state index is -0.171. The Morgan fingerprint density at radius 2 is 2.24 bits per heavy atom. The van der Waals surface area contributed by atoms with Gasteiger partial charge in [-0.15, -0.1) is 0 Å². The maximum Gasteiger partial charge on any atom is 0.306 e. The third-order valence-electron chi connectivity index (χ3n) is 2.32. The lowest BCUT2D eigenvalue weighted by molar-refractivity contribution is -0.140. The molecule has 0 bridgehead atoms. The Hall–Kier alpha value is -1.04. The quantitative estimate of drug-likeness (QED) is 0.730. The highest BCUT2D eigenvalue weighted by Crippen LogP contribution is 2.20. The summed E-state index contributed by atoms with van der Waals surface area (Å²) in [7, 11) is 1.41. The van der Waals surface area contributed by atoms with Crippen LogP contribution in [-0.4, -0.2) is 33.1 Å². The SMILES string of the molecule is COC(=O)CC(C)SCc1ncnn1C(C)C. The molecule has 0 spiro atoms. The molecule has 96 valence electrons. The number of hydrogen-bond acceptors (Lipinski definition) is 5. The van der Waals surface area contributed by atoms with Gasteiger partial charge in [0.25, 0.3) is 0 Å². The molecule has 6 heteroatoms. The average molecular weight is 257 g/mol. The number of carbonyl (C=O) groups excluding carboxylic acids is 1. The minimum Gasteiger partial charge on any atom is -0.469 e. The number of nitrogens with zero attached hydrogens (tertiary/aromatic N) is 3. The minimum absolute atomic E-state index is 0.171. The van der Waals surface area contributed by atoms with Gasteiger partial charge in [-0.1, -0.05) is 6.92 Å². The number of rotatable bonds is 6. The molecule has 0 fully saturated rings. The van der Waals surface area contributed by atoms with Gasteiger partial charge < -0.3 is 4.74 Å². The van der Waals surface area contributed by atoms with Gasteiger partial charge in [-0.3, -0.25) is 4.79 Å². The van der Waals surface area contributed by atoms with E-state index in [-0.39, 0.29) is 11.2 Å². The van der Waals surface area contributed by atoms with E-state index < -0.39 is 0 Å². The zero-order valence-electron chi connectivity index (χ0n) is 10.7. The van der Waals surface area contributed by atoms with Crippen LogP contribution in [0.3, 0.4) is 0 Å². The molecular weight excluding hydrogens is 238 g/mol. The molecule has 1 heterocycles. The molecule has 0 aromatic carbocycles. The number of carbonyl (C=O) groups is 1. The summed E-state index contributed by atoms with van der Waals surface area (Å²) in [4.78, 5) is 15.3. The van der Waals surface area contributed by atoms with Crippen LogP contribution in [0.2, 0.25) is 0 Å². The standard InChI is InChI=1S/C11H19N3O2S/c1-8(2)14-10(12-7-13-14)6-17-9(3)5-11(15)16-4/h7-9H,5-6H2,1-4H3. The second-order valence-electron chi connectivity index (χ2n) is 4.12. The van der Waals surface area contributed by atoms with Gasteiger partial charge in [-0.2, -0.15) is 16.9 Å². The third kappa shape index (κ3) is 4.38. The van der Waals surface area contributed by atoms with Crippen molar-refractivity contribution in [1.29, 1.82) is 0 Å². The van der Waals surface area contributed by atoms with Gasteiger partial charge in [0.15, 0.2) is 0 Å². The van der Waals surface area contributed by atoms with Gasteiger partial charge in [-0.05, 0) is 13.8 Å². The highest BCUT2D eigenvalue weighted by Gasteiger charge is 2.13. The van der Waals surface area contributed by atoms with E-state index in [4.69, 9.17) is 0 Å². The zero-order chi connectivity index (χ0) is 12.8. The second kappa shape index (κ2) is 6.64. The summed E-state index contributed by atoms with van der Waals surface area (Å²) < 4.78 is 6.54. The van der Waals surface area contributed by atoms with Crippen LogP contribution < -0.4 is 0 Å². The van der Waals surface area contributed by atoms with E-state index in [1.54, 1.807) is 18.1 Å². The predicted molar refractivity (Wildman–Crippen MR) is 67.8 cm³/mol. The Bertz CT molecular complexity index is 365. The molecule has 0 saturated carbocycles. The van der Waals surface area contributed by atoms with Gasteiger partial charge >= 0.3 is 5.97 Å². The monoisotopic (exact) mass is 257 g/mol. The van der Waals surface area contributed by atoms with Crippen LogP contribution in [0.15, 0.2) is 6.33 Å². The summed E-state index contributed by atoms with van der Waals surface area (Å²) in [5.74, 6) is 1.54. The summed E-state index contributed by atoms with van der Waals surface area (Å²) in [6.45, 7) is 6.15. The van der Waals surface area contributed by atoms with Crippen molar-refractivity contribution in [3.8, 4) is 0 Å². The number of esters is 1. The number of methoxy groups -OCH3 is 1. The van der Waals surface area contributed by atoms with Crippen LogP contribution in [-0.2, 0) is 15.3 Å². The molecule has 0 N–H and O–H groups in total. The van der Waals surface area contributed by atoms with Crippen molar-refractivity contribution in [1.82, 2.24) is 14.8 Å². The molecule has 1 aromatic rings. The van der Waals surface area contributed by atoms with E-state index in [0.29, 0.717) is 12.5 Å². The van der Waals surface area contributed by atoms with Crippen molar-refractivity contribution in [2.75, 3.05) is 7.11 Å². The van der Waals surface area contributed by atoms with Crippen molar-refractivity contribution in [2.24, 2.45) is 0 Å². The lowest BCUT2D eigenvalue weighted by atomic mass is 10.3. The highest BCUT2D eigenvalue weighted by molar-refractivity contribution is 7.99. The fourth-order valence-corrected chi connectivity index (χ4v) is 2.30. The van der Waals surface area contributed by atoms with Gasteiger partial charge in [0.05, 0.1) is 19.3 Å². The first kappa shape index (κ1) is 14.0. The van der Waals surface area contributed by atoms with E-state index in [9.17, 15) is 4.79 Å². The third-order valence-corrected chi connectivity index (χ3v) is 3.48. The van der Waals surface area contributed by atoms with Gasteiger partial charge in [0, 0.05) is 11.3 Å². The van der Waals surface area contributed by atoms with Gasteiger partial charge in [0.1, 0.15) is 12.2 Å². The molecule has 0 amide bonds. The molecular formula is C11H19N3O2S. The molecule has 1 atom stereocenters. The van der Waals surface area contributed by atoms with Crippen LogP contribution in [0.1, 0.15) is 39.1 Å². The molecule has 1 rings (SSSR count). The summed E-state index contributed by atoms with van der Waals surface area (Å²) in [5, 5.41) is 4.39. The first-order valence-corrected chi connectivity index (χ1v) is 6.66. The van der Waals surface area contributed by atoms with Crippen molar-refractivity contribution >= 4 is 17.7 Å². The Balaban J connectivity index is 2.44. The van der Waals surface area contributed by atoms with E-state index in [1.807, 2.05) is 11.6 Å². The summed E-state index contributed by atoms with van der Waals surface area (Å²) in [6, 6.07) is 0.309. The molecule has 0 aliphatic carbocycles. The maximum atomic E-state index is 11.1. The normalized spacial score (nSPS) is 12.8. The van der Waals surface area contributed by atoms with E-state index in [2.05, 4.69) is 28.7 Å². The van der Waals surface area contributed by atoms with Crippen molar-refractivity contribution < 1.29 is 9.53 Å². The lowest BCUT2D eigenvalue weighted by Crippen LogP contribution is -2.11. The van der Waals surface area contributed by atoms with Crippen molar-refractivity contribution in [3.05, 3.63) is 12.2 Å². The first-order chi connectivity index (χ1) is 8.04. The first-order valence-electron chi connectivity index (χ1n) is 5.61. The maximum absolute atomic E-state index is 11.1. The average Bonchev–Trinajstić information content (AvgIpc) is 2.74. The Morgan fingerprint density at radius 3 is 2.82 bits per heavy atom. The zero-order valence-corrected chi connectivity index (χ0v) is 11.5. The van der Waals surface area contributed by atoms with E-state index >= 15 is 0 Å². The molecule has 5 nitrogen and oxygen atoms in total. The van der Waals surface area contributed by atoms with Crippen LogP contribution in [0.5, 0.6) is 0 Å². The lowest BCUT2D eigenvalue weighted by Gasteiger charge is -2.12. The van der Waals surface area contributed by atoms with Crippen LogP contribution in [0.4, 0.5) is 0 Å². The topological polar surface area (TPSA) is 57.0 Å². The number of hydrogen-bond donors (Lipinski definition) is 0. The predicted octanol–water partition coefficient (Wildman–Crippen LogP) is 2.04. The second-order valence-corrected chi connectivity index (χ2v) is 5.54.